The molecule has 92 valence electrons. The molecule has 0 radical (unpaired) electrons. The van der Waals surface area contributed by atoms with E-state index in [-0.39, 0.29) is 17.0 Å². The highest BCUT2D eigenvalue weighted by atomic mass is 16.6. The molecule has 0 fully saturated rings. The second kappa shape index (κ2) is 4.40. The number of hydrogen-bond acceptors (Lipinski definition) is 4. The minimum Gasteiger partial charge on any atom is -0.304 e. The lowest BCUT2D eigenvalue weighted by Crippen LogP contribution is -2.03. The van der Waals surface area contributed by atoms with E-state index >= 15 is 0 Å². The average Bonchev–Trinajstić information content (AvgIpc) is 2.74. The highest BCUT2D eigenvalue weighted by Crippen LogP contribution is 2.23. The van der Waals surface area contributed by atoms with Gasteiger partial charge in [0.25, 0.3) is 5.69 Å². The first kappa shape index (κ1) is 12.0. The summed E-state index contributed by atoms with van der Waals surface area (Å²) in [5.74, 6) is 0.416. The molecule has 0 saturated heterocycles. The van der Waals surface area contributed by atoms with Gasteiger partial charge in [-0.3, -0.25) is 14.9 Å². The van der Waals surface area contributed by atoms with Crippen LogP contribution >= 0.6 is 0 Å². The zero-order valence-electron chi connectivity index (χ0n) is 9.95. The molecule has 0 aliphatic rings. The maximum atomic E-state index is 11.4. The lowest BCUT2D eigenvalue weighted by atomic mass is 10.1. The molecule has 6 heteroatoms. The number of carbonyl (C=O) groups excluding carboxylic acids is 1. The fraction of sp³-hybridized carbons (Fsp3) is 0.167. The van der Waals surface area contributed by atoms with Gasteiger partial charge in [0.2, 0.25) is 0 Å². The standard InChI is InChI=1S/C12H11N3O3/c1-8(16)11-7-10(3-4-12(11)15(17)18)14-6-5-13-9(14)2/h3-7H,1-2H3. The molecule has 0 N–H and O–H groups in total. The Morgan fingerprint density at radius 2 is 2.17 bits per heavy atom. The SMILES string of the molecule is CC(=O)c1cc(-n2ccnc2C)ccc1[N+](=O)[O-]. The molecule has 0 spiro atoms. The van der Waals surface area contributed by atoms with E-state index in [0.29, 0.717) is 5.69 Å². The number of nitro benzene ring substituents is 1. The van der Waals surface area contributed by atoms with Crippen molar-refractivity contribution in [2.24, 2.45) is 0 Å². The van der Waals surface area contributed by atoms with E-state index in [1.54, 1.807) is 23.0 Å². The van der Waals surface area contributed by atoms with Crippen LogP contribution in [0.25, 0.3) is 5.69 Å². The number of imidazole rings is 1. The number of aromatic nitrogens is 2. The van der Waals surface area contributed by atoms with Crippen molar-refractivity contribution in [3.05, 3.63) is 52.1 Å². The summed E-state index contributed by atoms with van der Waals surface area (Å²) in [5.41, 5.74) is 0.607. The van der Waals surface area contributed by atoms with E-state index in [1.165, 1.54) is 19.1 Å². The van der Waals surface area contributed by atoms with Crippen molar-refractivity contribution in [3.8, 4) is 5.69 Å². The third-order valence-corrected chi connectivity index (χ3v) is 2.66. The van der Waals surface area contributed by atoms with Crippen molar-refractivity contribution in [2.75, 3.05) is 0 Å². The summed E-state index contributed by atoms with van der Waals surface area (Å²) in [6.07, 6.45) is 3.37. The van der Waals surface area contributed by atoms with Crippen molar-refractivity contribution in [1.82, 2.24) is 9.55 Å². The van der Waals surface area contributed by atoms with Crippen LogP contribution in [0.15, 0.2) is 30.6 Å². The zero-order valence-corrected chi connectivity index (χ0v) is 9.95. The van der Waals surface area contributed by atoms with Gasteiger partial charge in [-0.1, -0.05) is 0 Å². The molecule has 2 aromatic rings. The molecule has 2 rings (SSSR count). The number of nitrogens with zero attached hydrogens (tertiary/aromatic N) is 3. The van der Waals surface area contributed by atoms with Gasteiger partial charge >= 0.3 is 0 Å². The molecule has 6 nitrogen and oxygen atoms in total. The number of benzene rings is 1. The van der Waals surface area contributed by atoms with Crippen molar-refractivity contribution in [1.29, 1.82) is 0 Å². The average molecular weight is 245 g/mol. The summed E-state index contributed by atoms with van der Waals surface area (Å²) in [4.78, 5) is 25.8. The molecular formula is C12H11N3O3. The maximum Gasteiger partial charge on any atom is 0.280 e. The van der Waals surface area contributed by atoms with Gasteiger partial charge in [0.1, 0.15) is 5.82 Å². The van der Waals surface area contributed by atoms with Crippen LogP contribution in [0.5, 0.6) is 0 Å². The molecule has 0 saturated carbocycles. The van der Waals surface area contributed by atoms with Crippen molar-refractivity contribution >= 4 is 11.5 Å². The Morgan fingerprint density at radius 1 is 1.44 bits per heavy atom. The van der Waals surface area contributed by atoms with Gasteiger partial charge in [-0.15, -0.1) is 0 Å². The minimum absolute atomic E-state index is 0.102. The van der Waals surface area contributed by atoms with E-state index in [1.807, 2.05) is 6.92 Å². The van der Waals surface area contributed by atoms with Gasteiger partial charge in [-0.25, -0.2) is 4.98 Å². The number of hydrogen-bond donors (Lipinski definition) is 0. The fourth-order valence-electron chi connectivity index (χ4n) is 1.77. The van der Waals surface area contributed by atoms with Crippen LogP contribution in [0.2, 0.25) is 0 Å². The van der Waals surface area contributed by atoms with Crippen LogP contribution in [0.3, 0.4) is 0 Å². The van der Waals surface area contributed by atoms with Crippen LogP contribution in [-0.2, 0) is 0 Å². The summed E-state index contributed by atoms with van der Waals surface area (Å²) in [5, 5.41) is 10.8. The van der Waals surface area contributed by atoms with Crippen molar-refractivity contribution in [3.63, 3.8) is 0 Å². The molecule has 1 aromatic heterocycles. The molecule has 0 aliphatic heterocycles. The Morgan fingerprint density at radius 3 is 2.67 bits per heavy atom. The molecule has 0 amide bonds. The predicted molar refractivity (Wildman–Crippen MR) is 65.0 cm³/mol. The lowest BCUT2D eigenvalue weighted by molar-refractivity contribution is -0.385. The largest absolute Gasteiger partial charge is 0.304 e. The Labute approximate surface area is 103 Å². The highest BCUT2D eigenvalue weighted by molar-refractivity contribution is 5.98. The Balaban J connectivity index is 2.60. The molecule has 1 aromatic carbocycles. The van der Waals surface area contributed by atoms with Crippen LogP contribution < -0.4 is 0 Å². The summed E-state index contributed by atoms with van der Waals surface area (Å²) in [7, 11) is 0. The highest BCUT2D eigenvalue weighted by Gasteiger charge is 2.18. The van der Waals surface area contributed by atoms with E-state index < -0.39 is 4.92 Å². The number of aryl methyl sites for hydroxylation is 1. The summed E-state index contributed by atoms with van der Waals surface area (Å²) >= 11 is 0. The maximum absolute atomic E-state index is 11.4. The second-order valence-electron chi connectivity index (χ2n) is 3.86. The van der Waals surface area contributed by atoms with E-state index in [9.17, 15) is 14.9 Å². The zero-order chi connectivity index (χ0) is 13.3. The first-order valence-corrected chi connectivity index (χ1v) is 5.30. The van der Waals surface area contributed by atoms with E-state index in [2.05, 4.69) is 4.98 Å². The van der Waals surface area contributed by atoms with E-state index in [0.717, 1.165) is 5.82 Å². The molecular weight excluding hydrogens is 234 g/mol. The quantitative estimate of drug-likeness (QED) is 0.472. The Kier molecular flexibility index (Phi) is 2.93. The van der Waals surface area contributed by atoms with E-state index in [4.69, 9.17) is 0 Å². The lowest BCUT2D eigenvalue weighted by Gasteiger charge is -2.06. The van der Waals surface area contributed by atoms with Crippen LogP contribution in [-0.4, -0.2) is 20.3 Å². The predicted octanol–water partition coefficient (Wildman–Crippen LogP) is 2.29. The summed E-state index contributed by atoms with van der Waals surface area (Å²) < 4.78 is 1.76. The molecule has 0 unspecified atom stereocenters. The summed E-state index contributed by atoms with van der Waals surface area (Å²) in [6.45, 7) is 3.13. The Hall–Kier alpha value is -2.50. The van der Waals surface area contributed by atoms with Gasteiger partial charge in [-0.05, 0) is 26.0 Å². The topological polar surface area (TPSA) is 78.0 Å². The smallest absolute Gasteiger partial charge is 0.280 e. The molecule has 0 atom stereocenters. The second-order valence-corrected chi connectivity index (χ2v) is 3.86. The summed E-state index contributed by atoms with van der Waals surface area (Å²) in [6, 6.07) is 4.44. The Bertz CT molecular complexity index is 631. The monoisotopic (exact) mass is 245 g/mol. The third kappa shape index (κ3) is 2.00. The van der Waals surface area contributed by atoms with Crippen LogP contribution in [0.4, 0.5) is 5.69 Å². The first-order chi connectivity index (χ1) is 8.50. The molecule has 1 heterocycles. The van der Waals surface area contributed by atoms with Crippen molar-refractivity contribution < 1.29 is 9.72 Å². The van der Waals surface area contributed by atoms with Crippen LogP contribution in [0.1, 0.15) is 23.1 Å². The van der Waals surface area contributed by atoms with Crippen LogP contribution in [0, 0.1) is 17.0 Å². The van der Waals surface area contributed by atoms with Gasteiger partial charge in [0.05, 0.1) is 10.5 Å². The van der Waals surface area contributed by atoms with Gasteiger partial charge in [0, 0.05) is 24.1 Å². The number of Topliss-reactive ketones (excluding diaryl/α,β-unsaturated/α-hetero) is 1. The number of carbonyl (C=O) groups is 1. The molecule has 0 aliphatic carbocycles. The number of ketones is 1. The third-order valence-electron chi connectivity index (χ3n) is 2.66. The van der Waals surface area contributed by atoms with Gasteiger partial charge in [0.15, 0.2) is 5.78 Å². The molecule has 0 bridgehead atoms. The fourth-order valence-corrected chi connectivity index (χ4v) is 1.77. The molecule has 18 heavy (non-hydrogen) atoms. The first-order valence-electron chi connectivity index (χ1n) is 5.30. The van der Waals surface area contributed by atoms with Gasteiger partial charge < -0.3 is 4.57 Å². The normalized spacial score (nSPS) is 10.3. The number of rotatable bonds is 3. The van der Waals surface area contributed by atoms with Gasteiger partial charge in [-0.2, -0.15) is 0 Å². The minimum atomic E-state index is -0.554. The van der Waals surface area contributed by atoms with Crippen molar-refractivity contribution in [2.45, 2.75) is 13.8 Å². The number of nitro groups is 1.